The summed E-state index contributed by atoms with van der Waals surface area (Å²) in [6.07, 6.45) is 4.49. The van der Waals surface area contributed by atoms with Crippen molar-refractivity contribution < 1.29 is 24.2 Å². The van der Waals surface area contributed by atoms with E-state index in [1.807, 2.05) is 0 Å². The van der Waals surface area contributed by atoms with Crippen molar-refractivity contribution in [2.45, 2.75) is 44.9 Å². The second-order valence-corrected chi connectivity index (χ2v) is 9.18. The molecule has 0 bridgehead atoms. The van der Waals surface area contributed by atoms with E-state index in [1.54, 1.807) is 6.92 Å². The van der Waals surface area contributed by atoms with Gasteiger partial charge in [0, 0.05) is 22.7 Å². The zero-order chi connectivity index (χ0) is 23.2. The van der Waals surface area contributed by atoms with Gasteiger partial charge in [-0.05, 0) is 49.1 Å². The fraction of sp³-hybridized carbons (Fsp3) is 0.333. The molecule has 1 aromatic heterocycles. The van der Waals surface area contributed by atoms with Gasteiger partial charge < -0.3 is 10.2 Å². The van der Waals surface area contributed by atoms with Gasteiger partial charge in [0.1, 0.15) is 0 Å². The largest absolute Gasteiger partial charge is 0.505 e. The fourth-order valence-electron chi connectivity index (χ4n) is 4.83. The van der Waals surface area contributed by atoms with Crippen molar-refractivity contribution in [1.29, 1.82) is 0 Å². The predicted octanol–water partition coefficient (Wildman–Crippen LogP) is 6.54. The predicted molar refractivity (Wildman–Crippen MR) is 121 cm³/mol. The van der Waals surface area contributed by atoms with Crippen LogP contribution in [0.4, 0.5) is 4.39 Å². The summed E-state index contributed by atoms with van der Waals surface area (Å²) in [7, 11) is 0. The van der Waals surface area contributed by atoms with Crippen molar-refractivity contribution in [2.24, 2.45) is 5.92 Å². The molecule has 0 radical (unpaired) electrons. The topological polar surface area (TPSA) is 79.5 Å². The molecule has 4 rings (SSSR count). The number of carboxylic acids is 1. The molecule has 2 N–H and O–H groups in total. The van der Waals surface area contributed by atoms with E-state index in [0.29, 0.717) is 23.1 Å². The number of carboxylic acid groups (broad SMARTS) is 1. The number of phenols is 1. The monoisotopic (exact) mass is 477 g/mol. The molecule has 1 saturated carbocycles. The third kappa shape index (κ3) is 3.97. The third-order valence-corrected chi connectivity index (χ3v) is 7.12. The Bertz CT molecular complexity index is 1230. The molecule has 1 unspecified atom stereocenters. The highest BCUT2D eigenvalue weighted by molar-refractivity contribution is 6.42. The second kappa shape index (κ2) is 8.75. The van der Waals surface area contributed by atoms with E-state index in [0.717, 1.165) is 31.7 Å². The quantitative estimate of drug-likeness (QED) is 0.437. The Morgan fingerprint density at radius 3 is 2.47 bits per heavy atom. The molecule has 1 aliphatic carbocycles. The lowest BCUT2D eigenvalue weighted by Gasteiger charge is -2.18. The summed E-state index contributed by atoms with van der Waals surface area (Å²) in [6.45, 7) is 1.64. The zero-order valence-corrected chi connectivity index (χ0v) is 18.9. The number of hydrogen-bond donors (Lipinski definition) is 2. The number of carbonyl (C=O) groups is 2. The number of fused-ring (bicyclic) bond motifs is 1. The van der Waals surface area contributed by atoms with Crippen LogP contribution in [0.3, 0.4) is 0 Å². The molecular formula is C24H22Cl2FNO4. The lowest BCUT2D eigenvalue weighted by molar-refractivity contribution is -0.139. The number of aromatic hydroxyl groups is 1. The van der Waals surface area contributed by atoms with Gasteiger partial charge in [0.25, 0.3) is 5.91 Å². The summed E-state index contributed by atoms with van der Waals surface area (Å²) in [4.78, 5) is 25.7. The number of halogens is 3. The summed E-state index contributed by atoms with van der Waals surface area (Å²) < 4.78 is 15.6. The molecule has 8 heteroatoms. The van der Waals surface area contributed by atoms with Gasteiger partial charge in [-0.25, -0.2) is 4.39 Å². The molecule has 0 spiro atoms. The Labute approximate surface area is 194 Å². The number of aromatic nitrogens is 1. The van der Waals surface area contributed by atoms with Gasteiger partial charge in [0.2, 0.25) is 0 Å². The second-order valence-electron chi connectivity index (χ2n) is 8.37. The molecule has 0 saturated heterocycles. The first-order valence-electron chi connectivity index (χ1n) is 10.4. The molecule has 2 aromatic carbocycles. The molecule has 1 fully saturated rings. The molecule has 0 amide bonds. The number of nitrogens with zero attached hydrogens (tertiary/aromatic N) is 1. The maximum Gasteiger partial charge on any atom is 0.311 e. The van der Waals surface area contributed by atoms with Gasteiger partial charge in [0.05, 0.1) is 21.5 Å². The van der Waals surface area contributed by atoms with Gasteiger partial charge in [-0.15, -0.1) is 0 Å². The van der Waals surface area contributed by atoms with Crippen molar-refractivity contribution >= 4 is 46.0 Å². The van der Waals surface area contributed by atoms with Crippen LogP contribution < -0.4 is 0 Å². The van der Waals surface area contributed by atoms with Crippen molar-refractivity contribution in [3.63, 3.8) is 0 Å². The van der Waals surface area contributed by atoms with Crippen molar-refractivity contribution in [3.05, 3.63) is 63.0 Å². The smallest absolute Gasteiger partial charge is 0.311 e. The van der Waals surface area contributed by atoms with Crippen LogP contribution in [0.2, 0.25) is 10.0 Å². The molecule has 1 heterocycles. The maximum atomic E-state index is 14.3. The van der Waals surface area contributed by atoms with Gasteiger partial charge >= 0.3 is 5.97 Å². The normalized spacial score (nSPS) is 15.4. The van der Waals surface area contributed by atoms with E-state index in [1.165, 1.54) is 28.8 Å². The minimum atomic E-state index is -1.01. The summed E-state index contributed by atoms with van der Waals surface area (Å²) in [6, 6.07) is 6.68. The van der Waals surface area contributed by atoms with Crippen LogP contribution in [0.15, 0.2) is 30.3 Å². The molecule has 0 aliphatic heterocycles. The third-order valence-electron chi connectivity index (χ3n) is 6.38. The lowest BCUT2D eigenvalue weighted by atomic mass is 9.86. The first-order valence-corrected chi connectivity index (χ1v) is 11.2. The number of carbonyl (C=O) groups excluding carboxylic acids is 1. The van der Waals surface area contributed by atoms with Gasteiger partial charge in [-0.1, -0.05) is 48.9 Å². The standard InChI is InChI=1S/C24H22Cl2FNO4/c1-12-22(16(24(31)32)8-13-4-2-3-5-13)15-10-21(29)19(27)11-20(15)28(12)23(30)14-6-7-17(25)18(26)9-14/h6-7,9-11,13,16,29H,2-5,8H2,1H3,(H,31,32). The highest BCUT2D eigenvalue weighted by Crippen LogP contribution is 2.41. The minimum absolute atomic E-state index is 0.195. The van der Waals surface area contributed by atoms with Crippen molar-refractivity contribution in [1.82, 2.24) is 4.57 Å². The fourth-order valence-corrected chi connectivity index (χ4v) is 5.13. The summed E-state index contributed by atoms with van der Waals surface area (Å²) in [5, 5.41) is 20.9. The number of hydrogen-bond acceptors (Lipinski definition) is 3. The highest BCUT2D eigenvalue weighted by Gasteiger charge is 2.33. The summed E-state index contributed by atoms with van der Waals surface area (Å²) >= 11 is 12.0. The molecule has 3 aromatic rings. The van der Waals surface area contributed by atoms with E-state index in [2.05, 4.69) is 0 Å². The van der Waals surface area contributed by atoms with E-state index in [9.17, 15) is 24.2 Å². The zero-order valence-electron chi connectivity index (χ0n) is 17.4. The average Bonchev–Trinajstić information content (AvgIpc) is 3.34. The van der Waals surface area contributed by atoms with Gasteiger partial charge in [-0.3, -0.25) is 14.2 Å². The van der Waals surface area contributed by atoms with Crippen LogP contribution in [0.25, 0.3) is 10.9 Å². The SMILES string of the molecule is Cc1c(C(CC2CCCC2)C(=O)O)c2cc(O)c(F)cc2n1C(=O)c1ccc(Cl)c(Cl)c1. The molecule has 32 heavy (non-hydrogen) atoms. The Hall–Kier alpha value is -2.57. The van der Waals surface area contributed by atoms with Crippen LogP contribution in [0.5, 0.6) is 5.75 Å². The Kier molecular flexibility index (Phi) is 6.19. The van der Waals surface area contributed by atoms with Crippen LogP contribution >= 0.6 is 23.2 Å². The number of rotatable bonds is 5. The molecular weight excluding hydrogens is 456 g/mol. The average molecular weight is 478 g/mol. The highest BCUT2D eigenvalue weighted by atomic mass is 35.5. The molecule has 5 nitrogen and oxygen atoms in total. The maximum absolute atomic E-state index is 14.3. The number of benzene rings is 2. The Balaban J connectivity index is 1.92. The minimum Gasteiger partial charge on any atom is -0.505 e. The van der Waals surface area contributed by atoms with Crippen LogP contribution in [-0.2, 0) is 4.79 Å². The first kappa shape index (κ1) is 22.6. The van der Waals surface area contributed by atoms with Crippen LogP contribution in [-0.4, -0.2) is 26.7 Å². The summed E-state index contributed by atoms with van der Waals surface area (Å²) in [5.41, 5.74) is 1.23. The Morgan fingerprint density at radius 1 is 1.16 bits per heavy atom. The first-order chi connectivity index (χ1) is 15.2. The van der Waals surface area contributed by atoms with E-state index in [-0.39, 0.29) is 27.0 Å². The van der Waals surface area contributed by atoms with Crippen LogP contribution in [0, 0.1) is 18.7 Å². The van der Waals surface area contributed by atoms with Crippen LogP contribution in [0.1, 0.15) is 59.6 Å². The number of phenolic OH excluding ortho intramolecular Hbond substituents is 1. The summed E-state index contributed by atoms with van der Waals surface area (Å²) in [5.74, 6) is -3.60. The molecule has 1 atom stereocenters. The molecule has 1 aliphatic rings. The van der Waals surface area contributed by atoms with E-state index in [4.69, 9.17) is 23.2 Å². The van der Waals surface area contributed by atoms with Crippen molar-refractivity contribution in [3.8, 4) is 5.75 Å². The van der Waals surface area contributed by atoms with Gasteiger partial charge in [-0.2, -0.15) is 0 Å². The molecule has 168 valence electrons. The van der Waals surface area contributed by atoms with Crippen molar-refractivity contribution in [2.75, 3.05) is 0 Å². The van der Waals surface area contributed by atoms with E-state index < -0.39 is 29.4 Å². The Morgan fingerprint density at radius 2 is 1.84 bits per heavy atom. The van der Waals surface area contributed by atoms with E-state index >= 15 is 0 Å². The van der Waals surface area contributed by atoms with Gasteiger partial charge in [0.15, 0.2) is 11.6 Å². The lowest BCUT2D eigenvalue weighted by Crippen LogP contribution is -2.18. The number of aliphatic carboxylic acids is 1.